The SMILES string of the molecule is Cn1ncc(-c2nc(NC3CCC(NC4=CC(=O)C4)CC3)ncc2Cl)c1CC1CC1. The molecule has 3 aliphatic carbocycles. The third-order valence-corrected chi connectivity index (χ3v) is 6.67. The molecule has 0 aromatic carbocycles. The summed E-state index contributed by atoms with van der Waals surface area (Å²) in [6, 6.07) is 0.790. The monoisotopic (exact) mass is 426 g/mol. The number of ketones is 1. The molecule has 2 aromatic heterocycles. The second-order valence-electron chi connectivity index (χ2n) is 8.82. The molecule has 8 heteroatoms. The standard InChI is InChI=1S/C22H27ClN6O/c1-29-20(8-13-2-3-13)18(11-25-29)21-19(23)12-24-22(28-21)27-15-6-4-14(5-7-15)26-16-9-17(30)10-16/h9,11-15,26H,2-8,10H2,1H3,(H,24,27,28). The van der Waals surface area contributed by atoms with Crippen LogP contribution in [0.4, 0.5) is 5.95 Å². The zero-order chi connectivity index (χ0) is 20.7. The second-order valence-corrected chi connectivity index (χ2v) is 9.22. The number of carbonyl (C=O) groups is 1. The maximum absolute atomic E-state index is 11.1. The maximum Gasteiger partial charge on any atom is 0.223 e. The Labute approximate surface area is 181 Å². The molecule has 158 valence electrons. The van der Waals surface area contributed by atoms with Crippen molar-refractivity contribution in [2.45, 2.75) is 63.5 Å². The summed E-state index contributed by atoms with van der Waals surface area (Å²) in [5.41, 5.74) is 4.05. The number of hydrogen-bond acceptors (Lipinski definition) is 6. The minimum Gasteiger partial charge on any atom is -0.385 e. The van der Waals surface area contributed by atoms with E-state index in [9.17, 15) is 4.79 Å². The van der Waals surface area contributed by atoms with E-state index in [-0.39, 0.29) is 5.78 Å². The van der Waals surface area contributed by atoms with Crippen LogP contribution in [0.25, 0.3) is 11.3 Å². The van der Waals surface area contributed by atoms with Crippen molar-refractivity contribution in [2.24, 2.45) is 13.0 Å². The predicted octanol–water partition coefficient (Wildman–Crippen LogP) is 3.65. The highest BCUT2D eigenvalue weighted by atomic mass is 35.5. The summed E-state index contributed by atoms with van der Waals surface area (Å²) in [5.74, 6) is 1.60. The number of aryl methyl sites for hydroxylation is 1. The first kappa shape index (κ1) is 19.5. The van der Waals surface area contributed by atoms with Gasteiger partial charge in [0, 0.05) is 42.2 Å². The number of carbonyl (C=O) groups excluding carboxylic acids is 1. The van der Waals surface area contributed by atoms with Crippen LogP contribution in [-0.2, 0) is 18.3 Å². The zero-order valence-electron chi connectivity index (χ0n) is 17.2. The Hall–Kier alpha value is -2.41. The molecule has 7 nitrogen and oxygen atoms in total. The van der Waals surface area contributed by atoms with E-state index in [2.05, 4.69) is 20.7 Å². The van der Waals surface area contributed by atoms with E-state index in [1.165, 1.54) is 18.5 Å². The van der Waals surface area contributed by atoms with Gasteiger partial charge in [0.2, 0.25) is 5.95 Å². The number of aromatic nitrogens is 4. The summed E-state index contributed by atoms with van der Waals surface area (Å²) in [6.45, 7) is 0. The summed E-state index contributed by atoms with van der Waals surface area (Å²) >= 11 is 6.48. The van der Waals surface area contributed by atoms with Crippen molar-refractivity contribution in [2.75, 3.05) is 5.32 Å². The Morgan fingerprint density at radius 2 is 1.80 bits per heavy atom. The van der Waals surface area contributed by atoms with Gasteiger partial charge in [-0.1, -0.05) is 11.6 Å². The Kier molecular flexibility index (Phi) is 5.23. The van der Waals surface area contributed by atoms with Crippen molar-refractivity contribution in [3.63, 3.8) is 0 Å². The molecule has 0 aliphatic heterocycles. The van der Waals surface area contributed by atoms with Crippen molar-refractivity contribution in [3.8, 4) is 11.3 Å². The van der Waals surface area contributed by atoms with Crippen LogP contribution in [0, 0.1) is 5.92 Å². The average Bonchev–Trinajstić information content (AvgIpc) is 3.46. The molecular formula is C22H27ClN6O. The molecule has 2 fully saturated rings. The smallest absolute Gasteiger partial charge is 0.223 e. The molecule has 0 saturated heterocycles. The van der Waals surface area contributed by atoms with Crippen LogP contribution >= 0.6 is 11.6 Å². The molecule has 0 unspecified atom stereocenters. The zero-order valence-corrected chi connectivity index (χ0v) is 18.0. The van der Waals surface area contributed by atoms with E-state index in [0.717, 1.165) is 55.0 Å². The first-order chi connectivity index (χ1) is 14.5. The first-order valence-electron chi connectivity index (χ1n) is 10.9. The van der Waals surface area contributed by atoms with Crippen molar-refractivity contribution in [1.82, 2.24) is 25.1 Å². The third kappa shape index (κ3) is 4.21. The van der Waals surface area contributed by atoms with Crippen LogP contribution in [0.2, 0.25) is 5.02 Å². The van der Waals surface area contributed by atoms with Crippen molar-refractivity contribution in [1.29, 1.82) is 0 Å². The van der Waals surface area contributed by atoms with Gasteiger partial charge in [0.1, 0.15) is 0 Å². The third-order valence-electron chi connectivity index (χ3n) is 6.39. The normalized spacial score (nSPS) is 23.7. The average molecular weight is 427 g/mol. The molecule has 2 aromatic rings. The van der Waals surface area contributed by atoms with E-state index >= 15 is 0 Å². The van der Waals surface area contributed by atoms with E-state index in [0.29, 0.717) is 29.5 Å². The van der Waals surface area contributed by atoms with Crippen LogP contribution in [0.15, 0.2) is 24.2 Å². The van der Waals surface area contributed by atoms with Gasteiger partial charge in [0.05, 0.1) is 29.5 Å². The van der Waals surface area contributed by atoms with Crippen LogP contribution in [0.3, 0.4) is 0 Å². The van der Waals surface area contributed by atoms with Crippen LogP contribution in [0.1, 0.15) is 50.6 Å². The van der Waals surface area contributed by atoms with Gasteiger partial charge in [-0.25, -0.2) is 9.97 Å². The molecule has 0 spiro atoms. The molecular weight excluding hydrogens is 400 g/mol. The fourth-order valence-electron chi connectivity index (χ4n) is 4.40. The number of rotatable bonds is 7. The lowest BCUT2D eigenvalue weighted by molar-refractivity contribution is -0.115. The van der Waals surface area contributed by atoms with Gasteiger partial charge in [0.15, 0.2) is 5.78 Å². The lowest BCUT2D eigenvalue weighted by Crippen LogP contribution is -2.38. The fourth-order valence-corrected chi connectivity index (χ4v) is 4.59. The van der Waals surface area contributed by atoms with Crippen molar-refractivity contribution in [3.05, 3.63) is 34.9 Å². The van der Waals surface area contributed by atoms with Gasteiger partial charge < -0.3 is 10.6 Å². The molecule has 0 amide bonds. The van der Waals surface area contributed by atoms with Crippen molar-refractivity contribution >= 4 is 23.3 Å². The molecule has 0 bridgehead atoms. The predicted molar refractivity (Wildman–Crippen MR) is 116 cm³/mol. The topological polar surface area (TPSA) is 84.7 Å². The van der Waals surface area contributed by atoms with Crippen LogP contribution < -0.4 is 10.6 Å². The Balaban J connectivity index is 1.25. The summed E-state index contributed by atoms with van der Waals surface area (Å²) in [4.78, 5) is 20.3. The largest absolute Gasteiger partial charge is 0.385 e. The van der Waals surface area contributed by atoms with Crippen LogP contribution in [-0.4, -0.2) is 37.6 Å². The maximum atomic E-state index is 11.1. The highest BCUT2D eigenvalue weighted by molar-refractivity contribution is 6.32. The van der Waals surface area contributed by atoms with Gasteiger partial charge >= 0.3 is 0 Å². The number of allylic oxidation sites excluding steroid dienone is 2. The van der Waals surface area contributed by atoms with E-state index in [4.69, 9.17) is 16.6 Å². The molecule has 5 rings (SSSR count). The quantitative estimate of drug-likeness (QED) is 0.702. The summed E-state index contributed by atoms with van der Waals surface area (Å²) in [6.07, 6.45) is 13.7. The van der Waals surface area contributed by atoms with E-state index in [1.54, 1.807) is 12.3 Å². The van der Waals surface area contributed by atoms with E-state index < -0.39 is 0 Å². The fraction of sp³-hybridized carbons (Fsp3) is 0.545. The lowest BCUT2D eigenvalue weighted by atomic mass is 9.90. The van der Waals surface area contributed by atoms with Crippen LogP contribution in [0.5, 0.6) is 0 Å². The highest BCUT2D eigenvalue weighted by Gasteiger charge is 2.27. The van der Waals surface area contributed by atoms with E-state index in [1.807, 2.05) is 17.9 Å². The minimum absolute atomic E-state index is 0.220. The highest BCUT2D eigenvalue weighted by Crippen LogP contribution is 2.37. The molecule has 2 heterocycles. The molecule has 3 aliphatic rings. The van der Waals surface area contributed by atoms with Gasteiger partial charge in [-0.05, 0) is 50.9 Å². The van der Waals surface area contributed by atoms with Gasteiger partial charge in [-0.15, -0.1) is 0 Å². The van der Waals surface area contributed by atoms with Crippen molar-refractivity contribution < 1.29 is 4.79 Å². The molecule has 0 radical (unpaired) electrons. The summed E-state index contributed by atoms with van der Waals surface area (Å²) in [5, 5.41) is 12.0. The Bertz CT molecular complexity index is 988. The first-order valence-corrected chi connectivity index (χ1v) is 11.2. The number of halogens is 1. The minimum atomic E-state index is 0.220. The summed E-state index contributed by atoms with van der Waals surface area (Å²) in [7, 11) is 1.98. The van der Waals surface area contributed by atoms with Gasteiger partial charge in [-0.2, -0.15) is 5.10 Å². The number of nitrogens with zero attached hydrogens (tertiary/aromatic N) is 4. The van der Waals surface area contributed by atoms with Gasteiger partial charge in [0.25, 0.3) is 0 Å². The number of hydrogen-bond donors (Lipinski definition) is 2. The molecule has 2 N–H and O–H groups in total. The number of anilines is 1. The number of nitrogens with one attached hydrogen (secondary N) is 2. The second kappa shape index (κ2) is 8.02. The summed E-state index contributed by atoms with van der Waals surface area (Å²) < 4.78 is 1.94. The molecule has 2 saturated carbocycles. The Morgan fingerprint density at radius 3 is 2.47 bits per heavy atom. The molecule has 0 atom stereocenters. The Morgan fingerprint density at radius 1 is 1.10 bits per heavy atom. The lowest BCUT2D eigenvalue weighted by Gasteiger charge is -2.32. The van der Waals surface area contributed by atoms with Gasteiger partial charge in [-0.3, -0.25) is 9.48 Å². The molecule has 30 heavy (non-hydrogen) atoms.